The van der Waals surface area contributed by atoms with Crippen molar-refractivity contribution in [3.8, 4) is 0 Å². The molecule has 0 saturated carbocycles. The highest BCUT2D eigenvalue weighted by Crippen LogP contribution is 2.03. The van der Waals surface area contributed by atoms with E-state index >= 15 is 0 Å². The zero-order chi connectivity index (χ0) is 11.6. The minimum absolute atomic E-state index is 1.16. The first-order valence-corrected chi connectivity index (χ1v) is 7.64. The van der Waals surface area contributed by atoms with Crippen LogP contribution in [0.5, 0.6) is 0 Å². The average molecular weight is 241 g/mol. The summed E-state index contributed by atoms with van der Waals surface area (Å²) in [7, 11) is 0. The van der Waals surface area contributed by atoms with Gasteiger partial charge in [-0.1, -0.05) is 20.3 Å². The fourth-order valence-corrected chi connectivity index (χ4v) is 2.47. The summed E-state index contributed by atoms with van der Waals surface area (Å²) < 4.78 is 4.60. The van der Waals surface area contributed by atoms with Crippen molar-refractivity contribution in [2.24, 2.45) is 0 Å². The van der Waals surface area contributed by atoms with Crippen LogP contribution in [-0.2, 0) is 13.1 Å². The molecule has 0 bridgehead atoms. The largest absolute Gasteiger partial charge is 0.243 e. The van der Waals surface area contributed by atoms with Crippen molar-refractivity contribution in [3.63, 3.8) is 0 Å². The van der Waals surface area contributed by atoms with E-state index in [0.29, 0.717) is 0 Å². The summed E-state index contributed by atoms with van der Waals surface area (Å²) in [6, 6.07) is 0. The summed E-state index contributed by atoms with van der Waals surface area (Å²) in [5.41, 5.74) is 0. The number of unbranched alkanes of at least 4 members (excludes halogenated alkanes) is 1. The van der Waals surface area contributed by atoms with Gasteiger partial charge in [0.05, 0.1) is 13.1 Å². The molecule has 0 aromatic carbocycles. The number of hydrogen-bond donors (Lipinski definition) is 0. The van der Waals surface area contributed by atoms with Crippen LogP contribution >= 0.6 is 11.8 Å². The first kappa shape index (κ1) is 13.6. The molecule has 0 fully saturated rings. The molecule has 0 spiro atoms. The van der Waals surface area contributed by atoms with Gasteiger partial charge in [-0.2, -0.15) is 11.8 Å². The van der Waals surface area contributed by atoms with E-state index in [0.717, 1.165) is 13.1 Å². The summed E-state index contributed by atoms with van der Waals surface area (Å²) >= 11 is 2.07. The van der Waals surface area contributed by atoms with Crippen molar-refractivity contribution in [3.05, 3.63) is 18.7 Å². The minimum Gasteiger partial charge on any atom is -0.237 e. The summed E-state index contributed by atoms with van der Waals surface area (Å²) in [6.45, 7) is 6.81. The van der Waals surface area contributed by atoms with Gasteiger partial charge in [-0.25, -0.2) is 9.13 Å². The molecule has 0 amide bonds. The van der Waals surface area contributed by atoms with Crippen LogP contribution in [0, 0.1) is 0 Å². The molecule has 0 unspecified atom stereocenters. The number of nitrogens with zero attached hydrogens (tertiary/aromatic N) is 2. The Bertz CT molecular complexity index is 271. The van der Waals surface area contributed by atoms with Gasteiger partial charge >= 0.3 is 0 Å². The minimum atomic E-state index is 1.16. The maximum atomic E-state index is 2.31. The molecule has 92 valence electrons. The van der Waals surface area contributed by atoms with E-state index in [1.807, 2.05) is 0 Å². The number of aromatic nitrogens is 2. The highest BCUT2D eigenvalue weighted by Gasteiger charge is 2.02. The van der Waals surface area contributed by atoms with Gasteiger partial charge in [-0.05, 0) is 30.8 Å². The van der Waals surface area contributed by atoms with Gasteiger partial charge < -0.3 is 0 Å². The predicted molar refractivity (Wildman–Crippen MR) is 71.8 cm³/mol. The third-order valence-electron chi connectivity index (χ3n) is 2.57. The van der Waals surface area contributed by atoms with Gasteiger partial charge in [-0.15, -0.1) is 0 Å². The van der Waals surface area contributed by atoms with Gasteiger partial charge in [-0.3, -0.25) is 0 Å². The van der Waals surface area contributed by atoms with Crippen LogP contribution in [0.1, 0.15) is 39.5 Å². The van der Waals surface area contributed by atoms with E-state index in [4.69, 9.17) is 0 Å². The molecule has 3 heteroatoms. The number of hydrogen-bond acceptors (Lipinski definition) is 1. The van der Waals surface area contributed by atoms with Crippen LogP contribution in [0.2, 0.25) is 0 Å². The monoisotopic (exact) mass is 241 g/mol. The van der Waals surface area contributed by atoms with Crippen LogP contribution in [0.3, 0.4) is 0 Å². The molecule has 0 N–H and O–H groups in total. The van der Waals surface area contributed by atoms with E-state index in [2.05, 4.69) is 53.5 Å². The molecular weight excluding hydrogens is 216 g/mol. The van der Waals surface area contributed by atoms with Crippen LogP contribution < -0.4 is 4.57 Å². The molecular formula is C13H25N2S+. The SMILES string of the molecule is CCCCn1cc[n+](CCCSCCC)c1. The number of thioether (sulfide) groups is 1. The molecule has 0 radical (unpaired) electrons. The second kappa shape index (κ2) is 8.68. The normalized spacial score (nSPS) is 10.9. The average Bonchev–Trinajstić information content (AvgIpc) is 2.74. The van der Waals surface area contributed by atoms with Crippen molar-refractivity contribution in [2.45, 2.75) is 52.6 Å². The van der Waals surface area contributed by atoms with Crippen molar-refractivity contribution < 1.29 is 4.57 Å². The third-order valence-corrected chi connectivity index (χ3v) is 3.84. The standard InChI is InChI=1S/C13H25N2S/c1-3-5-7-14-9-10-15(13-14)8-6-12-16-11-4-2/h9-10,13H,3-8,11-12H2,1-2H3/q+1. The first-order valence-electron chi connectivity index (χ1n) is 6.49. The Morgan fingerprint density at radius 2 is 2.00 bits per heavy atom. The molecule has 16 heavy (non-hydrogen) atoms. The number of imidazole rings is 1. The lowest BCUT2D eigenvalue weighted by molar-refractivity contribution is -0.696. The zero-order valence-corrected chi connectivity index (χ0v) is 11.5. The highest BCUT2D eigenvalue weighted by atomic mass is 32.2. The van der Waals surface area contributed by atoms with E-state index < -0.39 is 0 Å². The Morgan fingerprint density at radius 1 is 1.12 bits per heavy atom. The molecule has 0 saturated heterocycles. The quantitative estimate of drug-likeness (QED) is 0.477. The van der Waals surface area contributed by atoms with Crippen LogP contribution in [-0.4, -0.2) is 16.1 Å². The third kappa shape index (κ3) is 5.59. The lowest BCUT2D eigenvalue weighted by atomic mass is 10.3. The van der Waals surface area contributed by atoms with Crippen molar-refractivity contribution >= 4 is 11.8 Å². The Balaban J connectivity index is 2.14. The van der Waals surface area contributed by atoms with Gasteiger partial charge in [0.2, 0.25) is 6.33 Å². The molecule has 2 nitrogen and oxygen atoms in total. The Hall–Kier alpha value is -0.440. The molecule has 1 aromatic heterocycles. The van der Waals surface area contributed by atoms with Gasteiger partial charge in [0.25, 0.3) is 0 Å². The van der Waals surface area contributed by atoms with E-state index in [1.54, 1.807) is 0 Å². The van der Waals surface area contributed by atoms with E-state index in [1.165, 1.54) is 37.2 Å². The molecule has 0 aliphatic rings. The van der Waals surface area contributed by atoms with Gasteiger partial charge in [0, 0.05) is 0 Å². The zero-order valence-electron chi connectivity index (χ0n) is 10.7. The van der Waals surface area contributed by atoms with Crippen molar-refractivity contribution in [1.29, 1.82) is 0 Å². The van der Waals surface area contributed by atoms with Crippen LogP contribution in [0.15, 0.2) is 18.7 Å². The second-order valence-corrected chi connectivity index (χ2v) is 5.43. The molecule has 1 heterocycles. The first-order chi connectivity index (χ1) is 7.86. The summed E-state index contributed by atoms with van der Waals surface area (Å²) in [4.78, 5) is 0. The summed E-state index contributed by atoms with van der Waals surface area (Å²) in [5.74, 6) is 2.60. The molecule has 1 aromatic rings. The predicted octanol–water partition coefficient (Wildman–Crippen LogP) is 3.11. The topological polar surface area (TPSA) is 8.81 Å². The molecule has 1 rings (SSSR count). The second-order valence-electron chi connectivity index (χ2n) is 4.21. The smallest absolute Gasteiger partial charge is 0.237 e. The Morgan fingerprint density at radius 3 is 2.75 bits per heavy atom. The number of rotatable bonds is 9. The maximum Gasteiger partial charge on any atom is 0.243 e. The lowest BCUT2D eigenvalue weighted by Crippen LogP contribution is -2.31. The lowest BCUT2D eigenvalue weighted by Gasteiger charge is -1.97. The van der Waals surface area contributed by atoms with E-state index in [-0.39, 0.29) is 0 Å². The van der Waals surface area contributed by atoms with Crippen molar-refractivity contribution in [2.75, 3.05) is 11.5 Å². The van der Waals surface area contributed by atoms with E-state index in [9.17, 15) is 0 Å². The fourth-order valence-electron chi connectivity index (χ4n) is 1.64. The highest BCUT2D eigenvalue weighted by molar-refractivity contribution is 7.99. The Labute approximate surface area is 104 Å². The number of aryl methyl sites for hydroxylation is 2. The van der Waals surface area contributed by atoms with Gasteiger partial charge in [0.1, 0.15) is 12.4 Å². The summed E-state index contributed by atoms with van der Waals surface area (Å²) in [6.07, 6.45) is 11.8. The van der Waals surface area contributed by atoms with Crippen LogP contribution in [0.25, 0.3) is 0 Å². The molecule has 0 aliphatic carbocycles. The summed E-state index contributed by atoms with van der Waals surface area (Å²) in [5, 5.41) is 0. The van der Waals surface area contributed by atoms with Crippen molar-refractivity contribution in [1.82, 2.24) is 4.57 Å². The van der Waals surface area contributed by atoms with Gasteiger partial charge in [0.15, 0.2) is 0 Å². The molecule has 0 atom stereocenters. The van der Waals surface area contributed by atoms with Crippen LogP contribution in [0.4, 0.5) is 0 Å². The maximum absolute atomic E-state index is 2.31. The molecule has 0 aliphatic heterocycles. The Kier molecular flexibility index (Phi) is 7.39. The fraction of sp³-hybridized carbons (Fsp3) is 0.769.